The van der Waals surface area contributed by atoms with Crippen LogP contribution in [0.5, 0.6) is 0 Å². The van der Waals surface area contributed by atoms with Crippen molar-refractivity contribution in [1.82, 2.24) is 5.32 Å². The molecule has 1 rings (SSSR count). The lowest BCUT2D eigenvalue weighted by Crippen LogP contribution is -2.58. The van der Waals surface area contributed by atoms with E-state index in [0.717, 1.165) is 12.8 Å². The highest BCUT2D eigenvalue weighted by Gasteiger charge is 2.49. The summed E-state index contributed by atoms with van der Waals surface area (Å²) < 4.78 is 0. The molecule has 96 valence electrons. The number of carbonyl (C=O) groups excluding carboxylic acids is 1. The molecule has 1 fully saturated rings. The Balaban J connectivity index is 2.64. The number of hydrogen-bond donors (Lipinski definition) is 4. The number of amides is 1. The van der Waals surface area contributed by atoms with Gasteiger partial charge in [0.05, 0.1) is 12.5 Å². The van der Waals surface area contributed by atoms with Crippen molar-refractivity contribution in [3.63, 3.8) is 0 Å². The first-order valence-electron chi connectivity index (χ1n) is 5.30. The Morgan fingerprint density at radius 2 is 1.94 bits per heavy atom. The zero-order chi connectivity index (χ0) is 13.2. The lowest BCUT2D eigenvalue weighted by molar-refractivity contribution is -0.148. The third-order valence-electron chi connectivity index (χ3n) is 2.95. The summed E-state index contributed by atoms with van der Waals surface area (Å²) >= 11 is 0. The molecule has 0 saturated heterocycles. The first kappa shape index (κ1) is 13.4. The summed E-state index contributed by atoms with van der Waals surface area (Å²) in [5.74, 6) is -3.18. The topological polar surface area (TPSA) is 130 Å². The number of aliphatic carboxylic acids is 2. The van der Waals surface area contributed by atoms with Crippen LogP contribution in [-0.2, 0) is 14.4 Å². The highest BCUT2D eigenvalue weighted by molar-refractivity contribution is 5.91. The van der Waals surface area contributed by atoms with Gasteiger partial charge in [0.25, 0.3) is 0 Å². The van der Waals surface area contributed by atoms with Gasteiger partial charge >= 0.3 is 11.9 Å². The van der Waals surface area contributed by atoms with Crippen molar-refractivity contribution in [2.45, 2.75) is 37.8 Å². The fourth-order valence-electron chi connectivity index (χ4n) is 1.62. The highest BCUT2D eigenvalue weighted by Crippen LogP contribution is 2.39. The van der Waals surface area contributed by atoms with Crippen LogP contribution in [0, 0.1) is 5.92 Å². The van der Waals surface area contributed by atoms with Crippen molar-refractivity contribution in [3.8, 4) is 0 Å². The Bertz CT molecular complexity index is 353. The van der Waals surface area contributed by atoms with Gasteiger partial charge in [-0.2, -0.15) is 0 Å². The first-order valence-corrected chi connectivity index (χ1v) is 5.30. The number of rotatable bonds is 6. The fraction of sp³-hybridized carbons (Fsp3) is 0.700. The van der Waals surface area contributed by atoms with E-state index in [1.165, 1.54) is 6.92 Å². The molecule has 0 aromatic carbocycles. The second-order valence-electron chi connectivity index (χ2n) is 4.48. The Morgan fingerprint density at radius 1 is 1.41 bits per heavy atom. The Hall–Kier alpha value is -1.63. The molecule has 7 heteroatoms. The SMILES string of the molecule is CC(NC(=O)C(N)CC(=O)O)(C(=O)O)C1CC1. The maximum atomic E-state index is 11.6. The second-order valence-corrected chi connectivity index (χ2v) is 4.48. The van der Waals surface area contributed by atoms with Crippen LogP contribution in [0.2, 0.25) is 0 Å². The lowest BCUT2D eigenvalue weighted by Gasteiger charge is -2.27. The van der Waals surface area contributed by atoms with E-state index in [9.17, 15) is 14.4 Å². The van der Waals surface area contributed by atoms with Gasteiger partial charge < -0.3 is 21.3 Å². The molecule has 17 heavy (non-hydrogen) atoms. The Kier molecular flexibility index (Phi) is 3.72. The summed E-state index contributed by atoms with van der Waals surface area (Å²) in [6, 6.07) is -1.23. The van der Waals surface area contributed by atoms with E-state index in [1.807, 2.05) is 0 Å². The van der Waals surface area contributed by atoms with E-state index in [0.29, 0.717) is 0 Å². The molecular weight excluding hydrogens is 228 g/mol. The van der Waals surface area contributed by atoms with Gasteiger partial charge in [-0.3, -0.25) is 9.59 Å². The van der Waals surface area contributed by atoms with Gasteiger partial charge in [0.2, 0.25) is 5.91 Å². The van der Waals surface area contributed by atoms with Crippen molar-refractivity contribution in [3.05, 3.63) is 0 Å². The normalized spacial score (nSPS) is 20.1. The molecule has 0 aliphatic heterocycles. The summed E-state index contributed by atoms with van der Waals surface area (Å²) in [6.07, 6.45) is 0.945. The number of hydrogen-bond acceptors (Lipinski definition) is 4. The smallest absolute Gasteiger partial charge is 0.329 e. The van der Waals surface area contributed by atoms with Crippen molar-refractivity contribution in [2.24, 2.45) is 11.7 Å². The van der Waals surface area contributed by atoms with E-state index in [-0.39, 0.29) is 5.92 Å². The minimum absolute atomic E-state index is 0.110. The van der Waals surface area contributed by atoms with E-state index < -0.39 is 35.8 Å². The quantitative estimate of drug-likeness (QED) is 0.482. The molecule has 1 saturated carbocycles. The summed E-state index contributed by atoms with van der Waals surface area (Å²) in [5.41, 5.74) is 4.01. The van der Waals surface area contributed by atoms with Gasteiger partial charge in [-0.25, -0.2) is 4.79 Å². The summed E-state index contributed by atoms with van der Waals surface area (Å²) in [7, 11) is 0. The van der Waals surface area contributed by atoms with Crippen LogP contribution < -0.4 is 11.1 Å². The maximum absolute atomic E-state index is 11.6. The molecule has 7 nitrogen and oxygen atoms in total. The van der Waals surface area contributed by atoms with Gasteiger partial charge in [-0.1, -0.05) is 0 Å². The summed E-state index contributed by atoms with van der Waals surface area (Å²) in [6.45, 7) is 1.42. The molecule has 0 aromatic heterocycles. The van der Waals surface area contributed by atoms with E-state index in [1.54, 1.807) is 0 Å². The third-order valence-corrected chi connectivity index (χ3v) is 2.95. The Morgan fingerprint density at radius 3 is 2.29 bits per heavy atom. The third kappa shape index (κ3) is 3.16. The van der Waals surface area contributed by atoms with Crippen molar-refractivity contribution in [2.75, 3.05) is 0 Å². The molecule has 1 amide bonds. The van der Waals surface area contributed by atoms with Crippen LogP contribution >= 0.6 is 0 Å². The van der Waals surface area contributed by atoms with Crippen molar-refractivity contribution in [1.29, 1.82) is 0 Å². The summed E-state index contributed by atoms with van der Waals surface area (Å²) in [4.78, 5) is 33.1. The zero-order valence-electron chi connectivity index (χ0n) is 9.47. The molecular formula is C10H16N2O5. The number of carbonyl (C=O) groups is 3. The highest BCUT2D eigenvalue weighted by atomic mass is 16.4. The van der Waals surface area contributed by atoms with Gasteiger partial charge in [-0.05, 0) is 25.7 Å². The lowest BCUT2D eigenvalue weighted by atomic mass is 9.95. The van der Waals surface area contributed by atoms with Gasteiger partial charge in [0, 0.05) is 0 Å². The van der Waals surface area contributed by atoms with Crippen LogP contribution in [0.15, 0.2) is 0 Å². The Labute approximate surface area is 98.0 Å². The monoisotopic (exact) mass is 244 g/mol. The van der Waals surface area contributed by atoms with Gasteiger partial charge in [0.15, 0.2) is 0 Å². The van der Waals surface area contributed by atoms with Crippen molar-refractivity contribution >= 4 is 17.8 Å². The molecule has 5 N–H and O–H groups in total. The van der Waals surface area contributed by atoms with Crippen LogP contribution in [0.1, 0.15) is 26.2 Å². The molecule has 2 unspecified atom stereocenters. The van der Waals surface area contributed by atoms with Crippen LogP contribution in [0.4, 0.5) is 0 Å². The molecule has 0 heterocycles. The molecule has 1 aliphatic carbocycles. The predicted octanol–water partition coefficient (Wildman–Crippen LogP) is -0.842. The predicted molar refractivity (Wildman–Crippen MR) is 57.1 cm³/mol. The van der Waals surface area contributed by atoms with Crippen LogP contribution in [-0.4, -0.2) is 39.6 Å². The second kappa shape index (κ2) is 4.70. The minimum atomic E-state index is -1.35. The number of carboxylic acid groups (broad SMARTS) is 2. The van der Waals surface area contributed by atoms with E-state index >= 15 is 0 Å². The fourth-order valence-corrected chi connectivity index (χ4v) is 1.62. The van der Waals surface area contributed by atoms with Crippen molar-refractivity contribution < 1.29 is 24.6 Å². The number of carboxylic acids is 2. The standard InChI is InChI=1S/C10H16N2O5/c1-10(9(16)17,5-2-3-5)12-8(15)6(11)4-7(13)14/h5-6H,2-4,11H2,1H3,(H,12,15)(H,13,14)(H,16,17). The average Bonchev–Trinajstić information content (AvgIpc) is 2.98. The molecule has 0 bridgehead atoms. The number of nitrogens with two attached hydrogens (primary N) is 1. The molecule has 0 spiro atoms. The van der Waals surface area contributed by atoms with E-state index in [4.69, 9.17) is 15.9 Å². The minimum Gasteiger partial charge on any atom is -0.481 e. The maximum Gasteiger partial charge on any atom is 0.329 e. The first-order chi connectivity index (χ1) is 7.77. The zero-order valence-corrected chi connectivity index (χ0v) is 9.47. The molecule has 0 radical (unpaired) electrons. The molecule has 2 atom stereocenters. The van der Waals surface area contributed by atoms with Crippen LogP contribution in [0.25, 0.3) is 0 Å². The largest absolute Gasteiger partial charge is 0.481 e. The number of nitrogens with one attached hydrogen (secondary N) is 1. The summed E-state index contributed by atoms with van der Waals surface area (Å²) in [5, 5.41) is 19.9. The van der Waals surface area contributed by atoms with E-state index in [2.05, 4.69) is 5.32 Å². The van der Waals surface area contributed by atoms with Gasteiger partial charge in [0.1, 0.15) is 5.54 Å². The molecule has 1 aliphatic rings. The average molecular weight is 244 g/mol. The van der Waals surface area contributed by atoms with Crippen LogP contribution in [0.3, 0.4) is 0 Å². The van der Waals surface area contributed by atoms with Gasteiger partial charge in [-0.15, -0.1) is 0 Å². The molecule has 0 aromatic rings.